The molecule has 0 aliphatic heterocycles. The van der Waals surface area contributed by atoms with Gasteiger partial charge in [0.2, 0.25) is 0 Å². The van der Waals surface area contributed by atoms with Crippen LogP contribution in [-0.2, 0) is 0 Å². The van der Waals surface area contributed by atoms with Gasteiger partial charge in [-0.25, -0.2) is 4.39 Å². The molecule has 0 saturated carbocycles. The lowest BCUT2D eigenvalue weighted by molar-refractivity contribution is 0.111. The molecule has 0 N–H and O–H groups in total. The minimum absolute atomic E-state index is 0.303. The molecule has 0 atom stereocenters. The van der Waals surface area contributed by atoms with Crippen molar-refractivity contribution in [1.82, 2.24) is 4.57 Å². The minimum atomic E-state index is -0.303. The van der Waals surface area contributed by atoms with Gasteiger partial charge in [0, 0.05) is 5.69 Å². The maximum absolute atomic E-state index is 13.3. The van der Waals surface area contributed by atoms with E-state index in [-0.39, 0.29) is 5.82 Å². The van der Waals surface area contributed by atoms with Crippen LogP contribution in [0.2, 0.25) is 0 Å². The van der Waals surface area contributed by atoms with Crippen molar-refractivity contribution in [2.75, 3.05) is 0 Å². The van der Waals surface area contributed by atoms with E-state index >= 15 is 0 Å². The van der Waals surface area contributed by atoms with Crippen molar-refractivity contribution in [3.05, 3.63) is 102 Å². The first-order valence-electron chi connectivity index (χ1n) is 8.76. The Labute approximate surface area is 157 Å². The Morgan fingerprint density at radius 3 is 2.11 bits per heavy atom. The normalized spacial score (nSPS) is 10.7. The molecule has 27 heavy (non-hydrogen) atoms. The number of halogens is 1. The molecule has 3 heteroatoms. The number of hydrogen-bond donors (Lipinski definition) is 0. The number of benzene rings is 3. The first-order chi connectivity index (χ1) is 13.2. The van der Waals surface area contributed by atoms with Crippen molar-refractivity contribution in [1.29, 1.82) is 0 Å². The van der Waals surface area contributed by atoms with Crippen LogP contribution in [0.4, 0.5) is 4.39 Å². The molecule has 0 saturated heterocycles. The smallest absolute Gasteiger partial charge is 0.166 e. The monoisotopic (exact) mass is 355 g/mol. The van der Waals surface area contributed by atoms with Crippen LogP contribution in [0.25, 0.3) is 28.1 Å². The SMILES string of the molecule is Cc1ccccc1-c1ccc(-c2ccc(C=O)n2-c2ccc(F)cc2)cc1. The average molecular weight is 355 g/mol. The zero-order valence-corrected chi connectivity index (χ0v) is 14.9. The molecule has 2 nitrogen and oxygen atoms in total. The predicted molar refractivity (Wildman–Crippen MR) is 107 cm³/mol. The van der Waals surface area contributed by atoms with Gasteiger partial charge in [-0.15, -0.1) is 0 Å². The summed E-state index contributed by atoms with van der Waals surface area (Å²) in [5.74, 6) is -0.303. The summed E-state index contributed by atoms with van der Waals surface area (Å²) in [5.41, 5.74) is 6.73. The van der Waals surface area contributed by atoms with E-state index in [1.807, 2.05) is 34.9 Å². The van der Waals surface area contributed by atoms with Gasteiger partial charge < -0.3 is 4.57 Å². The fraction of sp³-hybridized carbons (Fsp3) is 0.0417. The summed E-state index contributed by atoms with van der Waals surface area (Å²) in [4.78, 5) is 11.5. The van der Waals surface area contributed by atoms with Crippen molar-refractivity contribution in [3.8, 4) is 28.1 Å². The summed E-state index contributed by atoms with van der Waals surface area (Å²) in [6.07, 6.45) is 0.814. The molecule has 0 radical (unpaired) electrons. The Morgan fingerprint density at radius 2 is 1.44 bits per heavy atom. The van der Waals surface area contributed by atoms with Crippen LogP contribution in [0.5, 0.6) is 0 Å². The van der Waals surface area contributed by atoms with Crippen LogP contribution in [-0.4, -0.2) is 10.9 Å². The number of rotatable bonds is 4. The highest BCUT2D eigenvalue weighted by Crippen LogP contribution is 2.29. The number of aromatic nitrogens is 1. The highest BCUT2D eigenvalue weighted by molar-refractivity contribution is 5.79. The van der Waals surface area contributed by atoms with E-state index in [2.05, 4.69) is 31.2 Å². The number of hydrogen-bond acceptors (Lipinski definition) is 1. The first kappa shape index (κ1) is 17.0. The van der Waals surface area contributed by atoms with Gasteiger partial charge in [-0.2, -0.15) is 0 Å². The summed E-state index contributed by atoms with van der Waals surface area (Å²) in [7, 11) is 0. The molecule has 132 valence electrons. The maximum Gasteiger partial charge on any atom is 0.166 e. The Morgan fingerprint density at radius 1 is 0.778 bits per heavy atom. The molecule has 1 heterocycles. The van der Waals surface area contributed by atoms with Crippen molar-refractivity contribution < 1.29 is 9.18 Å². The average Bonchev–Trinajstić information content (AvgIpc) is 3.13. The summed E-state index contributed by atoms with van der Waals surface area (Å²) < 4.78 is 15.1. The molecule has 3 aromatic carbocycles. The van der Waals surface area contributed by atoms with E-state index in [0.717, 1.165) is 28.8 Å². The topological polar surface area (TPSA) is 22.0 Å². The van der Waals surface area contributed by atoms with Gasteiger partial charge in [-0.3, -0.25) is 4.79 Å². The second kappa shape index (κ2) is 7.04. The Balaban J connectivity index is 1.78. The van der Waals surface area contributed by atoms with E-state index in [1.165, 1.54) is 23.3 Å². The van der Waals surface area contributed by atoms with E-state index < -0.39 is 0 Å². The Hall–Kier alpha value is -3.46. The van der Waals surface area contributed by atoms with E-state index in [9.17, 15) is 9.18 Å². The second-order valence-corrected chi connectivity index (χ2v) is 6.47. The van der Waals surface area contributed by atoms with Crippen LogP contribution in [0.1, 0.15) is 16.1 Å². The van der Waals surface area contributed by atoms with Crippen LogP contribution >= 0.6 is 0 Å². The summed E-state index contributed by atoms with van der Waals surface area (Å²) >= 11 is 0. The van der Waals surface area contributed by atoms with Gasteiger partial charge in [-0.05, 0) is 65.6 Å². The third-order valence-corrected chi connectivity index (χ3v) is 4.75. The quantitative estimate of drug-likeness (QED) is 0.407. The lowest BCUT2D eigenvalue weighted by atomic mass is 9.99. The number of aldehydes is 1. The molecule has 4 aromatic rings. The molecule has 0 bridgehead atoms. The number of nitrogens with zero attached hydrogens (tertiary/aromatic N) is 1. The van der Waals surface area contributed by atoms with E-state index in [0.29, 0.717) is 5.69 Å². The van der Waals surface area contributed by atoms with Gasteiger partial charge in [0.05, 0.1) is 11.4 Å². The zero-order chi connectivity index (χ0) is 18.8. The maximum atomic E-state index is 13.3. The molecule has 0 spiro atoms. The van der Waals surface area contributed by atoms with Crippen molar-refractivity contribution in [3.63, 3.8) is 0 Å². The van der Waals surface area contributed by atoms with Crippen molar-refractivity contribution >= 4 is 6.29 Å². The highest BCUT2D eigenvalue weighted by Gasteiger charge is 2.12. The molecule has 0 amide bonds. The zero-order valence-electron chi connectivity index (χ0n) is 14.9. The van der Waals surface area contributed by atoms with Gasteiger partial charge in [0.1, 0.15) is 5.82 Å². The molecular formula is C24H18FNO. The number of aryl methyl sites for hydroxylation is 1. The third-order valence-electron chi connectivity index (χ3n) is 4.75. The fourth-order valence-corrected chi connectivity index (χ4v) is 3.37. The van der Waals surface area contributed by atoms with Gasteiger partial charge >= 0.3 is 0 Å². The van der Waals surface area contributed by atoms with E-state index in [1.54, 1.807) is 18.2 Å². The van der Waals surface area contributed by atoms with Crippen LogP contribution < -0.4 is 0 Å². The second-order valence-electron chi connectivity index (χ2n) is 6.47. The Kier molecular flexibility index (Phi) is 4.43. The van der Waals surface area contributed by atoms with Gasteiger partial charge in [0.15, 0.2) is 6.29 Å². The molecule has 0 fully saturated rings. The van der Waals surface area contributed by atoms with E-state index in [4.69, 9.17) is 0 Å². The highest BCUT2D eigenvalue weighted by atomic mass is 19.1. The summed E-state index contributed by atoms with van der Waals surface area (Å²) in [6.45, 7) is 2.10. The number of carbonyl (C=O) groups is 1. The largest absolute Gasteiger partial charge is 0.307 e. The summed E-state index contributed by atoms with van der Waals surface area (Å²) in [5, 5.41) is 0. The Bertz CT molecular complexity index is 1090. The number of carbonyl (C=O) groups excluding carboxylic acids is 1. The van der Waals surface area contributed by atoms with Crippen molar-refractivity contribution in [2.45, 2.75) is 6.92 Å². The lowest BCUT2D eigenvalue weighted by Crippen LogP contribution is -2.01. The standard InChI is InChI=1S/C24H18FNO/c1-17-4-2-3-5-23(17)18-6-8-19(9-7-18)24-15-14-22(16-27)26(24)21-12-10-20(25)11-13-21/h2-16H,1H3. The van der Waals surface area contributed by atoms with Crippen molar-refractivity contribution in [2.24, 2.45) is 0 Å². The van der Waals surface area contributed by atoms with Gasteiger partial charge in [0.25, 0.3) is 0 Å². The third kappa shape index (κ3) is 3.20. The molecule has 0 unspecified atom stereocenters. The fourth-order valence-electron chi connectivity index (χ4n) is 3.37. The predicted octanol–water partition coefficient (Wildman–Crippen LogP) is 6.07. The molecule has 0 aliphatic carbocycles. The van der Waals surface area contributed by atoms with Crippen LogP contribution in [0, 0.1) is 12.7 Å². The van der Waals surface area contributed by atoms with Gasteiger partial charge in [-0.1, -0.05) is 48.5 Å². The molecule has 4 rings (SSSR count). The lowest BCUT2D eigenvalue weighted by Gasteiger charge is -2.12. The molecular weight excluding hydrogens is 337 g/mol. The molecule has 0 aliphatic rings. The molecule has 1 aromatic heterocycles. The minimum Gasteiger partial charge on any atom is -0.307 e. The first-order valence-corrected chi connectivity index (χ1v) is 8.76. The summed E-state index contributed by atoms with van der Waals surface area (Å²) in [6, 6.07) is 26.4. The van der Waals surface area contributed by atoms with Crippen LogP contribution in [0.15, 0.2) is 84.9 Å². The van der Waals surface area contributed by atoms with Crippen LogP contribution in [0.3, 0.4) is 0 Å².